The second kappa shape index (κ2) is 5.99. The summed E-state index contributed by atoms with van der Waals surface area (Å²) in [5, 5.41) is 4.67. The minimum Gasteiger partial charge on any atom is -0.251 e. The highest BCUT2D eigenvalue weighted by atomic mass is 79.9. The normalized spacial score (nSPS) is 10.3. The molecule has 21 heavy (non-hydrogen) atoms. The van der Waals surface area contributed by atoms with Gasteiger partial charge in [-0.1, -0.05) is 66.6 Å². The van der Waals surface area contributed by atoms with Crippen LogP contribution in [-0.2, 0) is 6.54 Å². The third-order valence-corrected chi connectivity index (χ3v) is 3.98. The summed E-state index contributed by atoms with van der Waals surface area (Å²) in [5.41, 5.74) is 4.07. The van der Waals surface area contributed by atoms with Crippen molar-refractivity contribution < 1.29 is 0 Å². The zero-order valence-corrected chi connectivity index (χ0v) is 12.9. The second-order valence-corrected chi connectivity index (χ2v) is 5.40. The van der Waals surface area contributed by atoms with Crippen LogP contribution >= 0.6 is 15.9 Å². The largest absolute Gasteiger partial charge is 0.251 e. The first-order valence-electron chi connectivity index (χ1n) is 6.62. The van der Waals surface area contributed by atoms with Crippen molar-refractivity contribution in [2.24, 2.45) is 0 Å². The van der Waals surface area contributed by atoms with Gasteiger partial charge in [0.05, 0.1) is 10.2 Å². The molecule has 1 heterocycles. The molecule has 0 atom stereocenters. The molecule has 0 fully saturated rings. The third-order valence-electron chi connectivity index (χ3n) is 3.23. The highest BCUT2D eigenvalue weighted by Crippen LogP contribution is 2.36. The predicted molar refractivity (Wildman–Crippen MR) is 89.6 cm³/mol. The van der Waals surface area contributed by atoms with Gasteiger partial charge in [-0.2, -0.15) is 5.10 Å². The van der Waals surface area contributed by atoms with E-state index in [1.54, 1.807) is 0 Å². The number of aromatic nitrogens is 2. The summed E-state index contributed by atoms with van der Waals surface area (Å²) in [4.78, 5) is 0. The Balaban J connectivity index is 2.20. The topological polar surface area (TPSA) is 17.8 Å². The van der Waals surface area contributed by atoms with E-state index in [9.17, 15) is 0 Å². The first-order chi connectivity index (χ1) is 10.3. The molecule has 0 unspecified atom stereocenters. The van der Waals surface area contributed by atoms with Gasteiger partial charge in [0.25, 0.3) is 0 Å². The monoisotopic (exact) mass is 336 g/mol. The van der Waals surface area contributed by atoms with Gasteiger partial charge < -0.3 is 0 Å². The molecule has 0 aliphatic heterocycles. The van der Waals surface area contributed by atoms with Crippen LogP contribution < -0.4 is 0 Å². The summed E-state index contributed by atoms with van der Waals surface area (Å²) >= 11 is 3.69. The maximum atomic E-state index is 5.48. The van der Waals surface area contributed by atoms with E-state index >= 15 is 0 Å². The molecular weight excluding hydrogens is 324 g/mol. The van der Waals surface area contributed by atoms with Crippen LogP contribution in [0.25, 0.3) is 22.5 Å². The number of halogens is 1. The maximum Gasteiger partial charge on any atom is 0.107 e. The van der Waals surface area contributed by atoms with Crippen molar-refractivity contribution in [1.82, 2.24) is 9.78 Å². The van der Waals surface area contributed by atoms with Crippen LogP contribution in [-0.4, -0.2) is 9.78 Å². The van der Waals surface area contributed by atoms with Gasteiger partial charge in [0.15, 0.2) is 0 Å². The average molecular weight is 337 g/mol. The zero-order chi connectivity index (χ0) is 14.7. The van der Waals surface area contributed by atoms with Crippen LogP contribution in [0.15, 0.2) is 65.1 Å². The van der Waals surface area contributed by atoms with Gasteiger partial charge in [0.1, 0.15) is 12.2 Å². The Morgan fingerprint density at radius 2 is 1.52 bits per heavy atom. The lowest BCUT2D eigenvalue weighted by atomic mass is 10.1. The molecular formula is C18H13BrN2. The minimum absolute atomic E-state index is 0.440. The van der Waals surface area contributed by atoms with Gasteiger partial charge in [-0.3, -0.25) is 4.68 Å². The highest BCUT2D eigenvalue weighted by Gasteiger charge is 2.17. The van der Waals surface area contributed by atoms with Gasteiger partial charge in [0, 0.05) is 11.1 Å². The fourth-order valence-corrected chi connectivity index (χ4v) is 3.04. The van der Waals surface area contributed by atoms with E-state index in [0.29, 0.717) is 6.54 Å². The van der Waals surface area contributed by atoms with E-state index < -0.39 is 0 Å². The maximum absolute atomic E-state index is 5.48. The highest BCUT2D eigenvalue weighted by molar-refractivity contribution is 9.10. The van der Waals surface area contributed by atoms with Crippen LogP contribution in [0.2, 0.25) is 0 Å². The molecule has 2 nitrogen and oxygen atoms in total. The Morgan fingerprint density at radius 3 is 2.10 bits per heavy atom. The molecule has 3 rings (SSSR count). The molecule has 0 saturated carbocycles. The van der Waals surface area contributed by atoms with E-state index in [4.69, 9.17) is 6.42 Å². The lowest BCUT2D eigenvalue weighted by Gasteiger charge is -2.04. The molecule has 3 heteroatoms. The Kier molecular flexibility index (Phi) is 3.89. The Bertz CT molecular complexity index is 783. The number of terminal acetylenes is 1. The van der Waals surface area contributed by atoms with E-state index in [-0.39, 0.29) is 0 Å². The van der Waals surface area contributed by atoms with Crippen molar-refractivity contribution in [3.05, 3.63) is 65.1 Å². The number of nitrogens with zero attached hydrogens (tertiary/aromatic N) is 2. The molecule has 0 spiro atoms. The van der Waals surface area contributed by atoms with Crippen LogP contribution in [0.3, 0.4) is 0 Å². The molecule has 0 aliphatic rings. The molecule has 0 saturated heterocycles. The Labute approximate surface area is 132 Å². The average Bonchev–Trinajstić information content (AvgIpc) is 2.86. The molecule has 0 aliphatic carbocycles. The molecule has 0 bridgehead atoms. The number of rotatable bonds is 3. The lowest BCUT2D eigenvalue weighted by Crippen LogP contribution is -2.00. The third kappa shape index (κ3) is 2.63. The van der Waals surface area contributed by atoms with Crippen molar-refractivity contribution in [3.63, 3.8) is 0 Å². The van der Waals surface area contributed by atoms with Gasteiger partial charge in [0.2, 0.25) is 0 Å². The summed E-state index contributed by atoms with van der Waals surface area (Å²) in [5.74, 6) is 2.67. The summed E-state index contributed by atoms with van der Waals surface area (Å²) in [6.45, 7) is 0.440. The molecule has 1 aromatic heterocycles. The van der Waals surface area contributed by atoms with Crippen LogP contribution in [0.5, 0.6) is 0 Å². The summed E-state index contributed by atoms with van der Waals surface area (Å²) in [6, 6.07) is 20.2. The second-order valence-electron chi connectivity index (χ2n) is 4.61. The molecule has 0 amide bonds. The van der Waals surface area contributed by atoms with E-state index in [2.05, 4.69) is 39.1 Å². The minimum atomic E-state index is 0.440. The summed E-state index contributed by atoms with van der Waals surface area (Å²) in [6.07, 6.45) is 5.48. The van der Waals surface area contributed by atoms with Crippen LogP contribution in [0, 0.1) is 12.3 Å². The van der Waals surface area contributed by atoms with Crippen molar-refractivity contribution in [2.75, 3.05) is 0 Å². The fourth-order valence-electron chi connectivity index (χ4n) is 2.29. The van der Waals surface area contributed by atoms with Crippen molar-refractivity contribution in [1.29, 1.82) is 0 Å². The fraction of sp³-hybridized carbons (Fsp3) is 0.0556. The Morgan fingerprint density at radius 1 is 0.952 bits per heavy atom. The number of benzene rings is 2. The van der Waals surface area contributed by atoms with Crippen LogP contribution in [0.4, 0.5) is 0 Å². The Hall–Kier alpha value is -2.31. The lowest BCUT2D eigenvalue weighted by molar-refractivity contribution is 0.726. The smallest absolute Gasteiger partial charge is 0.107 e. The molecule has 3 aromatic rings. The predicted octanol–water partition coefficient (Wildman–Crippen LogP) is 4.61. The van der Waals surface area contributed by atoms with E-state index in [1.165, 1.54) is 0 Å². The molecule has 0 N–H and O–H groups in total. The van der Waals surface area contributed by atoms with Gasteiger partial charge >= 0.3 is 0 Å². The summed E-state index contributed by atoms with van der Waals surface area (Å²) in [7, 11) is 0. The summed E-state index contributed by atoms with van der Waals surface area (Å²) < 4.78 is 2.83. The van der Waals surface area contributed by atoms with Crippen molar-refractivity contribution in [3.8, 4) is 34.9 Å². The molecule has 2 aromatic carbocycles. The SMILES string of the molecule is C#CCn1nc(-c2ccccc2)c(Br)c1-c1ccccc1. The zero-order valence-electron chi connectivity index (χ0n) is 11.3. The number of hydrogen-bond donors (Lipinski definition) is 0. The molecule has 102 valence electrons. The van der Waals surface area contributed by atoms with Gasteiger partial charge in [-0.25, -0.2) is 0 Å². The van der Waals surface area contributed by atoms with Crippen LogP contribution in [0.1, 0.15) is 0 Å². The van der Waals surface area contributed by atoms with Crippen molar-refractivity contribution in [2.45, 2.75) is 6.54 Å². The van der Waals surface area contributed by atoms with Gasteiger partial charge in [-0.15, -0.1) is 6.42 Å². The van der Waals surface area contributed by atoms with E-state index in [0.717, 1.165) is 27.0 Å². The van der Waals surface area contributed by atoms with Gasteiger partial charge in [-0.05, 0) is 15.9 Å². The van der Waals surface area contributed by atoms with Crippen molar-refractivity contribution >= 4 is 15.9 Å². The molecule has 0 radical (unpaired) electrons. The first kappa shape index (κ1) is 13.7. The standard InChI is InChI=1S/C18H13BrN2/c1-2-13-21-18(15-11-7-4-8-12-15)16(19)17(20-21)14-9-5-3-6-10-14/h1,3-12H,13H2. The van der Waals surface area contributed by atoms with E-state index in [1.807, 2.05) is 53.2 Å². The quantitative estimate of drug-likeness (QED) is 0.638. The first-order valence-corrected chi connectivity index (χ1v) is 7.41. The number of hydrogen-bond acceptors (Lipinski definition) is 1.